The van der Waals surface area contributed by atoms with Gasteiger partial charge in [-0.05, 0) is 23.0 Å². The number of hydrogen-bond acceptors (Lipinski definition) is 1. The smallest absolute Gasteiger partial charge is 0.184 e. The first-order chi connectivity index (χ1) is 7.39. The van der Waals surface area contributed by atoms with Gasteiger partial charge in [-0.15, -0.1) is 11.6 Å². The van der Waals surface area contributed by atoms with Crippen molar-refractivity contribution in [1.29, 1.82) is 0 Å². The van der Waals surface area contributed by atoms with Crippen molar-refractivity contribution in [2.45, 2.75) is 46.4 Å². The van der Waals surface area contributed by atoms with Gasteiger partial charge in [-0.2, -0.15) is 0 Å². The second-order valence-electron chi connectivity index (χ2n) is 6.63. The molecule has 1 aliphatic rings. The van der Waals surface area contributed by atoms with Gasteiger partial charge in [0.15, 0.2) is 5.78 Å². The first-order valence-corrected chi connectivity index (χ1v) is 6.49. The van der Waals surface area contributed by atoms with E-state index in [1.54, 1.807) is 12.2 Å². The van der Waals surface area contributed by atoms with Crippen LogP contribution in [0.25, 0.3) is 0 Å². The van der Waals surface area contributed by atoms with Crippen molar-refractivity contribution in [1.82, 2.24) is 0 Å². The number of carbonyl (C=O) groups is 1. The highest BCUT2D eigenvalue weighted by molar-refractivity contribution is 6.43. The molecule has 0 N–H and O–H groups in total. The van der Waals surface area contributed by atoms with Crippen LogP contribution < -0.4 is 0 Å². The number of rotatable bonds is 0. The maximum atomic E-state index is 12.6. The molecule has 0 fully saturated rings. The van der Waals surface area contributed by atoms with Gasteiger partial charge in [0.2, 0.25) is 0 Å². The normalized spacial score (nSPS) is 26.7. The van der Waals surface area contributed by atoms with E-state index >= 15 is 0 Å². The Balaban J connectivity index is 3.38. The van der Waals surface area contributed by atoms with E-state index in [9.17, 15) is 4.79 Å². The first-order valence-electron chi connectivity index (χ1n) is 5.74. The molecule has 1 rings (SSSR count). The van der Waals surface area contributed by atoms with Crippen molar-refractivity contribution in [3.05, 3.63) is 22.8 Å². The zero-order valence-corrected chi connectivity index (χ0v) is 12.8. The summed E-state index contributed by atoms with van der Waals surface area (Å²) in [4.78, 5) is 11.5. The molecule has 0 aromatic rings. The average Bonchev–Trinajstić information content (AvgIpc) is 2.07. The molecule has 0 amide bonds. The van der Waals surface area contributed by atoms with Crippen LogP contribution in [-0.4, -0.2) is 10.7 Å². The predicted octanol–water partition coefficient (Wildman–Crippen LogP) is 4.69. The minimum atomic E-state index is -1.05. The molecule has 96 valence electrons. The molecule has 0 saturated carbocycles. The Morgan fingerprint density at radius 1 is 1.12 bits per heavy atom. The van der Waals surface area contributed by atoms with Gasteiger partial charge in [-0.3, -0.25) is 4.79 Å². The van der Waals surface area contributed by atoms with Crippen molar-refractivity contribution in [2.75, 3.05) is 0 Å². The monoisotopic (exact) mass is 274 g/mol. The molecule has 1 nitrogen and oxygen atoms in total. The van der Waals surface area contributed by atoms with E-state index in [-0.39, 0.29) is 16.6 Å². The van der Waals surface area contributed by atoms with Gasteiger partial charge in [0.05, 0.1) is 0 Å². The Labute approximate surface area is 114 Å². The Kier molecular flexibility index (Phi) is 3.60. The molecule has 0 aliphatic heterocycles. The third-order valence-corrected chi connectivity index (χ3v) is 4.16. The number of carbonyl (C=O) groups excluding carboxylic acids is 1. The minimum absolute atomic E-state index is 0.0384. The molecule has 0 saturated heterocycles. The molecule has 0 heterocycles. The number of ketones is 1. The zero-order valence-electron chi connectivity index (χ0n) is 11.3. The summed E-state index contributed by atoms with van der Waals surface area (Å²) in [6.45, 7) is 11.8. The highest BCUT2D eigenvalue weighted by atomic mass is 35.5. The number of Topliss-reactive ketones (excluding diaryl/α,β-unsaturated/α-hetero) is 1. The molecule has 3 heteroatoms. The van der Waals surface area contributed by atoms with E-state index < -0.39 is 4.87 Å². The van der Waals surface area contributed by atoms with E-state index in [0.717, 1.165) is 0 Å². The second kappa shape index (κ2) is 4.13. The molecular formula is C14H20Cl2O. The van der Waals surface area contributed by atoms with Crippen LogP contribution in [0.4, 0.5) is 0 Å². The molecule has 0 unspecified atom stereocenters. The molecule has 0 aromatic heterocycles. The summed E-state index contributed by atoms with van der Waals surface area (Å²) < 4.78 is 0. The van der Waals surface area contributed by atoms with Gasteiger partial charge in [0, 0.05) is 10.6 Å². The summed E-state index contributed by atoms with van der Waals surface area (Å²) in [7, 11) is 0. The number of hydrogen-bond donors (Lipinski definition) is 0. The van der Waals surface area contributed by atoms with Gasteiger partial charge in [0.1, 0.15) is 4.87 Å². The largest absolute Gasteiger partial charge is 0.292 e. The Bertz CT molecular complexity index is 405. The SMILES string of the molecule is CC(C)(C)C1=CC(Cl)=C[C@@](Cl)(C(C)(C)C)C1=O. The van der Waals surface area contributed by atoms with E-state index in [2.05, 4.69) is 0 Å². The van der Waals surface area contributed by atoms with Crippen molar-refractivity contribution in [2.24, 2.45) is 10.8 Å². The average molecular weight is 275 g/mol. The lowest BCUT2D eigenvalue weighted by atomic mass is 9.69. The highest BCUT2D eigenvalue weighted by Gasteiger charge is 2.49. The summed E-state index contributed by atoms with van der Waals surface area (Å²) in [5.74, 6) is -0.0384. The van der Waals surface area contributed by atoms with Crippen molar-refractivity contribution < 1.29 is 4.79 Å². The first kappa shape index (κ1) is 14.8. The fourth-order valence-electron chi connectivity index (χ4n) is 1.81. The van der Waals surface area contributed by atoms with E-state index in [1.165, 1.54) is 0 Å². The van der Waals surface area contributed by atoms with Crippen LogP contribution in [-0.2, 0) is 4.79 Å². The number of alkyl halides is 1. The van der Waals surface area contributed by atoms with Crippen LogP contribution in [0.2, 0.25) is 0 Å². The lowest BCUT2D eigenvalue weighted by molar-refractivity contribution is -0.120. The Morgan fingerprint density at radius 2 is 1.59 bits per heavy atom. The van der Waals surface area contributed by atoms with Crippen LogP contribution in [0.15, 0.2) is 22.8 Å². The molecule has 0 bridgehead atoms. The van der Waals surface area contributed by atoms with Crippen molar-refractivity contribution in [3.8, 4) is 0 Å². The second-order valence-corrected chi connectivity index (χ2v) is 7.66. The number of halogens is 2. The maximum absolute atomic E-state index is 12.6. The summed E-state index contributed by atoms with van der Waals surface area (Å²) >= 11 is 12.7. The third kappa shape index (κ3) is 2.61. The lowest BCUT2D eigenvalue weighted by Crippen LogP contribution is -2.47. The summed E-state index contributed by atoms with van der Waals surface area (Å²) in [5.41, 5.74) is 0.0582. The van der Waals surface area contributed by atoms with E-state index in [0.29, 0.717) is 10.6 Å². The molecule has 0 spiro atoms. The molecule has 17 heavy (non-hydrogen) atoms. The van der Waals surface area contributed by atoms with Gasteiger partial charge < -0.3 is 0 Å². The molecule has 1 atom stereocenters. The fourth-order valence-corrected chi connectivity index (χ4v) is 2.36. The zero-order chi connectivity index (χ0) is 13.6. The van der Waals surface area contributed by atoms with E-state index in [4.69, 9.17) is 23.2 Å². The molecule has 0 radical (unpaired) electrons. The maximum Gasteiger partial charge on any atom is 0.184 e. The summed E-state index contributed by atoms with van der Waals surface area (Å²) in [5, 5.41) is 0.541. The van der Waals surface area contributed by atoms with Crippen molar-refractivity contribution in [3.63, 3.8) is 0 Å². The third-order valence-electron chi connectivity index (χ3n) is 3.09. The quantitative estimate of drug-likeness (QED) is 0.586. The Hall–Kier alpha value is -0.270. The van der Waals surface area contributed by atoms with Crippen LogP contribution >= 0.6 is 23.2 Å². The summed E-state index contributed by atoms with van der Waals surface area (Å²) in [6.07, 6.45) is 3.39. The molecule has 1 aliphatic carbocycles. The minimum Gasteiger partial charge on any atom is -0.292 e. The van der Waals surface area contributed by atoms with Gasteiger partial charge in [-0.1, -0.05) is 53.1 Å². The predicted molar refractivity (Wildman–Crippen MR) is 74.5 cm³/mol. The standard InChI is InChI=1S/C14H20Cl2O/c1-12(2,3)10-7-9(15)8-14(16,11(10)17)13(4,5)6/h7-8H,1-6H3/t14-/m0/s1. The summed E-state index contributed by atoms with van der Waals surface area (Å²) in [6, 6.07) is 0. The van der Waals surface area contributed by atoms with Gasteiger partial charge in [-0.25, -0.2) is 0 Å². The number of allylic oxidation sites excluding steroid dienone is 4. The van der Waals surface area contributed by atoms with Gasteiger partial charge >= 0.3 is 0 Å². The van der Waals surface area contributed by atoms with Crippen LogP contribution in [0, 0.1) is 10.8 Å². The highest BCUT2D eigenvalue weighted by Crippen LogP contribution is 2.47. The lowest BCUT2D eigenvalue weighted by Gasteiger charge is -2.40. The van der Waals surface area contributed by atoms with Crippen LogP contribution in [0.5, 0.6) is 0 Å². The van der Waals surface area contributed by atoms with Gasteiger partial charge in [0.25, 0.3) is 0 Å². The fraction of sp³-hybridized carbons (Fsp3) is 0.643. The van der Waals surface area contributed by atoms with Crippen LogP contribution in [0.3, 0.4) is 0 Å². The molecule has 0 aromatic carbocycles. The Morgan fingerprint density at radius 3 is 1.94 bits per heavy atom. The molecular weight excluding hydrogens is 255 g/mol. The topological polar surface area (TPSA) is 17.1 Å². The van der Waals surface area contributed by atoms with E-state index in [1.807, 2.05) is 41.5 Å². The van der Waals surface area contributed by atoms with Crippen LogP contribution in [0.1, 0.15) is 41.5 Å². The van der Waals surface area contributed by atoms with Crippen molar-refractivity contribution >= 4 is 29.0 Å².